The van der Waals surface area contributed by atoms with Crippen molar-refractivity contribution in [1.82, 2.24) is 10.2 Å². The van der Waals surface area contributed by atoms with Gasteiger partial charge >= 0.3 is 6.09 Å². The van der Waals surface area contributed by atoms with Gasteiger partial charge < -0.3 is 10.0 Å². The average molecular weight is 310 g/mol. The molecule has 0 radical (unpaired) electrons. The molecule has 1 rings (SSSR count). The monoisotopic (exact) mass is 308 g/mol. The smallest absolute Gasteiger partial charge is 0.409 e. The summed E-state index contributed by atoms with van der Waals surface area (Å²) in [4.78, 5) is 12.5. The highest BCUT2D eigenvalue weighted by Gasteiger charge is 2.31. The molecule has 0 aromatic carbocycles. The molecule has 0 aliphatic carbocycles. The van der Waals surface area contributed by atoms with Gasteiger partial charge in [-0.15, -0.1) is 0 Å². The molecule has 1 amide bonds. The number of carboxylic acid groups (broad SMARTS) is 1. The van der Waals surface area contributed by atoms with E-state index in [9.17, 15) is 4.79 Å². The number of carbonyl (C=O) groups is 1. The van der Waals surface area contributed by atoms with E-state index in [-0.39, 0.29) is 11.0 Å². The van der Waals surface area contributed by atoms with Gasteiger partial charge in [0.05, 0.1) is 5.70 Å². The molecule has 0 saturated carbocycles. The second-order valence-corrected chi connectivity index (χ2v) is 5.61. The highest BCUT2D eigenvalue weighted by molar-refractivity contribution is 9.11. The summed E-state index contributed by atoms with van der Waals surface area (Å²) in [6, 6.07) is 0. The molecule has 1 aliphatic rings. The minimum Gasteiger partial charge on any atom is -0.465 e. The molecule has 4 nitrogen and oxygen atoms in total. The van der Waals surface area contributed by atoms with E-state index in [2.05, 4.69) is 21.2 Å². The Balaban J connectivity index is 3.06. The lowest BCUT2D eigenvalue weighted by molar-refractivity contribution is 0.189. The summed E-state index contributed by atoms with van der Waals surface area (Å²) in [5, 5.41) is 11.0. The first-order valence-electron chi connectivity index (χ1n) is 4.75. The van der Waals surface area contributed by atoms with E-state index in [4.69, 9.17) is 16.7 Å². The van der Waals surface area contributed by atoms with Crippen LogP contribution in [0.15, 0.2) is 22.5 Å². The molecule has 90 valence electrons. The Kier molecular flexibility index (Phi) is 3.91. The molecule has 0 aromatic rings. The largest absolute Gasteiger partial charge is 0.465 e. The number of hydrogen-bond donors (Lipinski definition) is 2. The van der Waals surface area contributed by atoms with E-state index >= 15 is 0 Å². The average Bonchev–Trinajstić information content (AvgIpc) is 2.07. The fourth-order valence-corrected chi connectivity index (χ4v) is 3.01. The third-order valence-corrected chi connectivity index (χ3v) is 3.22. The fraction of sp³-hybridized carbons (Fsp3) is 0.500. The molecule has 16 heavy (non-hydrogen) atoms. The molecule has 0 bridgehead atoms. The van der Waals surface area contributed by atoms with Gasteiger partial charge in [-0.25, -0.2) is 4.79 Å². The molecule has 1 heterocycles. The van der Waals surface area contributed by atoms with E-state index in [0.717, 1.165) is 0 Å². The van der Waals surface area contributed by atoms with Crippen LogP contribution in [-0.2, 0) is 0 Å². The second kappa shape index (κ2) is 4.67. The maximum atomic E-state index is 10.6. The van der Waals surface area contributed by atoms with Gasteiger partial charge in [0.15, 0.2) is 0 Å². The van der Waals surface area contributed by atoms with E-state index in [0.29, 0.717) is 10.3 Å². The van der Waals surface area contributed by atoms with Crippen LogP contribution in [0.2, 0.25) is 0 Å². The van der Waals surface area contributed by atoms with Crippen LogP contribution in [0.4, 0.5) is 4.79 Å². The SMILES string of the molecule is CC(C)(C)N1C(Br)=C(NC(=O)O)C=CC1Cl. The van der Waals surface area contributed by atoms with Gasteiger partial charge in [0, 0.05) is 5.54 Å². The van der Waals surface area contributed by atoms with Gasteiger partial charge in [0.2, 0.25) is 0 Å². The molecule has 0 fully saturated rings. The second-order valence-electron chi connectivity index (χ2n) is 4.41. The number of nitrogens with zero attached hydrogens (tertiary/aromatic N) is 1. The van der Waals surface area contributed by atoms with Crippen molar-refractivity contribution in [2.24, 2.45) is 0 Å². The first-order valence-corrected chi connectivity index (χ1v) is 5.98. The number of rotatable bonds is 1. The van der Waals surface area contributed by atoms with Crippen molar-refractivity contribution in [3.05, 3.63) is 22.5 Å². The normalized spacial score (nSPS) is 21.3. The maximum Gasteiger partial charge on any atom is 0.409 e. The van der Waals surface area contributed by atoms with Gasteiger partial charge in [-0.05, 0) is 48.9 Å². The maximum absolute atomic E-state index is 10.6. The Hall–Kier alpha value is -0.680. The van der Waals surface area contributed by atoms with Crippen LogP contribution < -0.4 is 5.32 Å². The summed E-state index contributed by atoms with van der Waals surface area (Å²) in [6.07, 6.45) is 2.29. The summed E-state index contributed by atoms with van der Waals surface area (Å²) in [6.45, 7) is 6.00. The molecule has 0 spiro atoms. The minimum absolute atomic E-state index is 0.207. The molecule has 1 unspecified atom stereocenters. The number of amides is 1. The topological polar surface area (TPSA) is 52.6 Å². The van der Waals surface area contributed by atoms with Crippen LogP contribution in [0.1, 0.15) is 20.8 Å². The predicted molar refractivity (Wildman–Crippen MR) is 67.5 cm³/mol. The summed E-state index contributed by atoms with van der Waals surface area (Å²) in [5.41, 5.74) is -0.0189. The quantitative estimate of drug-likeness (QED) is 0.578. The van der Waals surface area contributed by atoms with E-state index < -0.39 is 6.09 Å². The Bertz CT molecular complexity index is 360. The zero-order valence-electron chi connectivity index (χ0n) is 9.29. The van der Waals surface area contributed by atoms with Crippen LogP contribution in [-0.4, -0.2) is 27.1 Å². The molecule has 0 aromatic heterocycles. The van der Waals surface area contributed by atoms with Crippen LogP contribution in [0, 0.1) is 0 Å². The van der Waals surface area contributed by atoms with Gasteiger partial charge in [-0.1, -0.05) is 11.6 Å². The number of alkyl halides is 1. The van der Waals surface area contributed by atoms with Crippen molar-refractivity contribution < 1.29 is 9.90 Å². The van der Waals surface area contributed by atoms with Crippen LogP contribution in [0.25, 0.3) is 0 Å². The summed E-state index contributed by atoms with van der Waals surface area (Å²) >= 11 is 9.53. The van der Waals surface area contributed by atoms with Crippen molar-refractivity contribution >= 4 is 33.6 Å². The number of halogens is 2. The Morgan fingerprint density at radius 3 is 2.62 bits per heavy atom. The third-order valence-electron chi connectivity index (χ3n) is 2.07. The summed E-state index contributed by atoms with van der Waals surface area (Å²) in [7, 11) is 0. The highest BCUT2D eigenvalue weighted by atomic mass is 79.9. The van der Waals surface area contributed by atoms with Crippen LogP contribution >= 0.6 is 27.5 Å². The van der Waals surface area contributed by atoms with E-state index in [1.807, 2.05) is 25.7 Å². The number of nitrogens with one attached hydrogen (secondary N) is 1. The number of allylic oxidation sites excluding steroid dienone is 1. The zero-order valence-corrected chi connectivity index (χ0v) is 11.6. The molecule has 1 atom stereocenters. The van der Waals surface area contributed by atoms with Gasteiger partial charge in [-0.2, -0.15) is 0 Å². The summed E-state index contributed by atoms with van der Waals surface area (Å²) < 4.78 is 0.643. The molecular weight excluding hydrogens is 295 g/mol. The molecule has 1 aliphatic heterocycles. The first kappa shape index (κ1) is 13.4. The third kappa shape index (κ3) is 2.92. The Labute approximate surface area is 108 Å². The van der Waals surface area contributed by atoms with Crippen LogP contribution in [0.5, 0.6) is 0 Å². The van der Waals surface area contributed by atoms with Gasteiger partial charge in [0.1, 0.15) is 10.1 Å². The molecule has 0 saturated heterocycles. The van der Waals surface area contributed by atoms with Crippen molar-refractivity contribution in [2.45, 2.75) is 31.8 Å². The van der Waals surface area contributed by atoms with Crippen LogP contribution in [0.3, 0.4) is 0 Å². The summed E-state index contributed by atoms with van der Waals surface area (Å²) in [5.74, 6) is 0. The highest BCUT2D eigenvalue weighted by Crippen LogP contribution is 2.33. The lowest BCUT2D eigenvalue weighted by atomic mass is 10.1. The zero-order chi connectivity index (χ0) is 12.5. The molecular formula is C10H14BrClN2O2. The van der Waals surface area contributed by atoms with Crippen molar-refractivity contribution in [3.8, 4) is 0 Å². The van der Waals surface area contributed by atoms with Crippen molar-refractivity contribution in [2.75, 3.05) is 0 Å². The number of hydrogen-bond acceptors (Lipinski definition) is 2. The van der Waals surface area contributed by atoms with E-state index in [1.165, 1.54) is 0 Å². The first-order chi connectivity index (χ1) is 7.23. The fourth-order valence-electron chi connectivity index (χ4n) is 1.44. The van der Waals surface area contributed by atoms with Gasteiger partial charge in [0.25, 0.3) is 0 Å². The van der Waals surface area contributed by atoms with E-state index in [1.54, 1.807) is 12.2 Å². The molecule has 2 N–H and O–H groups in total. The van der Waals surface area contributed by atoms with Crippen molar-refractivity contribution in [1.29, 1.82) is 0 Å². The van der Waals surface area contributed by atoms with Crippen molar-refractivity contribution in [3.63, 3.8) is 0 Å². The molecule has 6 heteroatoms. The lowest BCUT2D eigenvalue weighted by Crippen LogP contribution is -2.45. The predicted octanol–water partition coefficient (Wildman–Crippen LogP) is 3.05. The minimum atomic E-state index is -1.10. The Morgan fingerprint density at radius 1 is 1.62 bits per heavy atom. The van der Waals surface area contributed by atoms with Gasteiger partial charge in [-0.3, -0.25) is 5.32 Å². The standard InChI is InChI=1S/C10H14BrClN2O2/c1-10(2,3)14-7(12)5-4-6(8(14)11)13-9(15)16/h4-5,7,13H,1-3H3,(H,15,16). The lowest BCUT2D eigenvalue weighted by Gasteiger charge is -2.41. The Morgan fingerprint density at radius 2 is 2.19 bits per heavy atom.